The highest BCUT2D eigenvalue weighted by Gasteiger charge is 2.46. The average Bonchev–Trinajstić information content (AvgIpc) is 3.13. The van der Waals surface area contributed by atoms with Crippen LogP contribution in [0.3, 0.4) is 0 Å². The van der Waals surface area contributed by atoms with Gasteiger partial charge in [0.1, 0.15) is 34.4 Å². The van der Waals surface area contributed by atoms with Crippen molar-refractivity contribution in [3.8, 4) is 23.0 Å². The van der Waals surface area contributed by atoms with Crippen molar-refractivity contribution in [2.75, 3.05) is 14.2 Å². The molecule has 3 aromatic rings. The van der Waals surface area contributed by atoms with Gasteiger partial charge in [-0.2, -0.15) is 0 Å². The molecule has 0 aromatic heterocycles. The standard InChI is InChI=1S/C30H30ClNO7/c1-30(2,3)39-22-9-7-6-8-18(22)16-32-26(17-10-12-19(33)13-11-17)25(28(35)29(32)36)27(34)20-14-21(31)24(38-5)15-23(20)37-4/h6-15,26,33-34H,16H2,1-5H3/b27-25+. The molecule has 0 radical (unpaired) electrons. The first kappa shape index (κ1) is 27.9. The van der Waals surface area contributed by atoms with Gasteiger partial charge in [-0.1, -0.05) is 41.9 Å². The lowest BCUT2D eigenvalue weighted by Gasteiger charge is -2.28. The molecule has 8 nitrogen and oxygen atoms in total. The molecule has 9 heteroatoms. The molecule has 1 aliphatic heterocycles. The number of phenolic OH excluding ortho intramolecular Hbond substituents is 1. The van der Waals surface area contributed by atoms with Crippen LogP contribution in [-0.4, -0.2) is 46.6 Å². The number of carbonyl (C=O) groups is 2. The lowest BCUT2D eigenvalue weighted by atomic mass is 9.94. The number of nitrogens with zero attached hydrogens (tertiary/aromatic N) is 1. The number of carbonyl (C=O) groups excluding carboxylic acids is 2. The zero-order chi connectivity index (χ0) is 28.5. The lowest BCUT2D eigenvalue weighted by molar-refractivity contribution is -0.140. The minimum absolute atomic E-state index is 0.0169. The topological polar surface area (TPSA) is 106 Å². The molecule has 1 aliphatic rings. The molecule has 3 aromatic carbocycles. The number of para-hydroxylation sites is 1. The van der Waals surface area contributed by atoms with E-state index in [-0.39, 0.29) is 34.2 Å². The molecule has 4 rings (SSSR count). The number of aromatic hydroxyl groups is 1. The van der Waals surface area contributed by atoms with Crippen molar-refractivity contribution in [2.45, 2.75) is 39.0 Å². The molecule has 0 spiro atoms. The summed E-state index contributed by atoms with van der Waals surface area (Å²) >= 11 is 6.33. The van der Waals surface area contributed by atoms with Gasteiger partial charge >= 0.3 is 0 Å². The summed E-state index contributed by atoms with van der Waals surface area (Å²) in [7, 11) is 2.85. The predicted octanol–water partition coefficient (Wildman–Crippen LogP) is 5.86. The Morgan fingerprint density at radius 2 is 1.59 bits per heavy atom. The summed E-state index contributed by atoms with van der Waals surface area (Å²) in [5.41, 5.74) is 0.690. The third-order valence-corrected chi connectivity index (χ3v) is 6.50. The Hall–Kier alpha value is -4.17. The number of hydrogen-bond acceptors (Lipinski definition) is 7. The van der Waals surface area contributed by atoms with Crippen LogP contribution in [0.4, 0.5) is 0 Å². The smallest absolute Gasteiger partial charge is 0.295 e. The van der Waals surface area contributed by atoms with Gasteiger partial charge in [0.25, 0.3) is 11.7 Å². The second-order valence-electron chi connectivity index (χ2n) is 10.0. The zero-order valence-electron chi connectivity index (χ0n) is 22.3. The van der Waals surface area contributed by atoms with Gasteiger partial charge in [0.2, 0.25) is 0 Å². The molecule has 2 N–H and O–H groups in total. The number of amides is 1. The summed E-state index contributed by atoms with van der Waals surface area (Å²) in [4.78, 5) is 28.4. The van der Waals surface area contributed by atoms with Crippen LogP contribution in [0.25, 0.3) is 5.76 Å². The summed E-state index contributed by atoms with van der Waals surface area (Å²) < 4.78 is 16.8. The molecule has 39 heavy (non-hydrogen) atoms. The highest BCUT2D eigenvalue weighted by molar-refractivity contribution is 6.46. The molecular formula is C30H30ClNO7. The Labute approximate surface area is 232 Å². The van der Waals surface area contributed by atoms with Gasteiger partial charge in [-0.05, 0) is 50.6 Å². The number of benzene rings is 3. The van der Waals surface area contributed by atoms with E-state index < -0.39 is 29.1 Å². The summed E-state index contributed by atoms with van der Waals surface area (Å²) in [6.07, 6.45) is 0. The summed E-state index contributed by atoms with van der Waals surface area (Å²) in [6, 6.07) is 15.3. The van der Waals surface area contributed by atoms with Crippen molar-refractivity contribution in [3.63, 3.8) is 0 Å². The van der Waals surface area contributed by atoms with Crippen molar-refractivity contribution in [1.29, 1.82) is 0 Å². The number of rotatable bonds is 7. The van der Waals surface area contributed by atoms with E-state index in [4.69, 9.17) is 25.8 Å². The Balaban J connectivity index is 1.90. The van der Waals surface area contributed by atoms with Gasteiger partial charge in [0.15, 0.2) is 0 Å². The number of phenols is 1. The van der Waals surface area contributed by atoms with E-state index in [9.17, 15) is 19.8 Å². The van der Waals surface area contributed by atoms with E-state index in [0.717, 1.165) is 0 Å². The second kappa shape index (κ2) is 10.9. The zero-order valence-corrected chi connectivity index (χ0v) is 23.1. The number of aliphatic hydroxyl groups is 1. The molecule has 1 unspecified atom stereocenters. The molecule has 0 aliphatic carbocycles. The second-order valence-corrected chi connectivity index (χ2v) is 10.4. The number of methoxy groups -OCH3 is 2. The molecule has 1 fully saturated rings. The Morgan fingerprint density at radius 3 is 2.21 bits per heavy atom. The third-order valence-electron chi connectivity index (χ3n) is 6.21. The largest absolute Gasteiger partial charge is 0.508 e. The van der Waals surface area contributed by atoms with Crippen LogP contribution < -0.4 is 14.2 Å². The Morgan fingerprint density at radius 1 is 0.949 bits per heavy atom. The quantitative estimate of drug-likeness (QED) is 0.215. The maximum Gasteiger partial charge on any atom is 0.295 e. The number of likely N-dealkylation sites (tertiary alicyclic amines) is 1. The molecule has 1 atom stereocenters. The first-order chi connectivity index (χ1) is 18.4. The maximum absolute atomic E-state index is 13.5. The van der Waals surface area contributed by atoms with Crippen molar-refractivity contribution < 1.29 is 34.0 Å². The van der Waals surface area contributed by atoms with E-state index in [2.05, 4.69) is 0 Å². The van der Waals surface area contributed by atoms with Crippen LogP contribution in [0.15, 0.2) is 66.2 Å². The lowest BCUT2D eigenvalue weighted by Crippen LogP contribution is -2.30. The van der Waals surface area contributed by atoms with Crippen LogP contribution in [0, 0.1) is 0 Å². The van der Waals surface area contributed by atoms with Gasteiger partial charge in [-0.25, -0.2) is 0 Å². The van der Waals surface area contributed by atoms with E-state index in [1.165, 1.54) is 43.4 Å². The molecule has 204 valence electrons. The fourth-order valence-corrected chi connectivity index (χ4v) is 4.72. The number of halogens is 1. The minimum Gasteiger partial charge on any atom is -0.508 e. The van der Waals surface area contributed by atoms with Crippen LogP contribution in [-0.2, 0) is 16.1 Å². The maximum atomic E-state index is 13.5. The molecule has 0 bridgehead atoms. The van der Waals surface area contributed by atoms with E-state index in [0.29, 0.717) is 22.6 Å². The molecule has 1 amide bonds. The summed E-state index contributed by atoms with van der Waals surface area (Å²) in [6.45, 7) is 5.78. The Bertz CT molecular complexity index is 1440. The first-order valence-corrected chi connectivity index (χ1v) is 12.6. The fraction of sp³-hybridized carbons (Fsp3) is 0.267. The SMILES string of the molecule is COc1cc(OC)c(/C(O)=C2\C(=O)C(=O)N(Cc3ccccc3OC(C)(C)C)C2c2ccc(O)cc2)cc1Cl. The van der Waals surface area contributed by atoms with Crippen molar-refractivity contribution >= 4 is 29.1 Å². The minimum atomic E-state index is -0.973. The summed E-state index contributed by atoms with van der Waals surface area (Å²) in [5.74, 6) is -1.00. The summed E-state index contributed by atoms with van der Waals surface area (Å²) in [5, 5.41) is 21.6. The van der Waals surface area contributed by atoms with Gasteiger partial charge in [0.05, 0.1) is 43.0 Å². The number of Topliss-reactive ketones (excluding diaryl/α,β-unsaturated/α-hetero) is 1. The molecular weight excluding hydrogens is 522 g/mol. The molecule has 1 heterocycles. The third kappa shape index (κ3) is 5.66. The monoisotopic (exact) mass is 551 g/mol. The van der Waals surface area contributed by atoms with Crippen LogP contribution in [0.1, 0.15) is 43.5 Å². The number of aliphatic hydroxyl groups excluding tert-OH is 1. The number of hydrogen-bond donors (Lipinski definition) is 2. The van der Waals surface area contributed by atoms with E-state index in [1.807, 2.05) is 39.0 Å². The highest BCUT2D eigenvalue weighted by atomic mass is 35.5. The van der Waals surface area contributed by atoms with Crippen LogP contribution >= 0.6 is 11.6 Å². The number of ketones is 1. The Kier molecular flexibility index (Phi) is 7.79. The highest BCUT2D eigenvalue weighted by Crippen LogP contribution is 2.44. The first-order valence-electron chi connectivity index (χ1n) is 12.2. The van der Waals surface area contributed by atoms with Gasteiger partial charge in [0, 0.05) is 11.6 Å². The average molecular weight is 552 g/mol. The predicted molar refractivity (Wildman–Crippen MR) is 147 cm³/mol. The van der Waals surface area contributed by atoms with Gasteiger partial charge in [-0.15, -0.1) is 0 Å². The number of ether oxygens (including phenoxy) is 3. The fourth-order valence-electron chi connectivity index (χ4n) is 4.48. The van der Waals surface area contributed by atoms with E-state index >= 15 is 0 Å². The van der Waals surface area contributed by atoms with Crippen LogP contribution in [0.2, 0.25) is 5.02 Å². The van der Waals surface area contributed by atoms with Crippen molar-refractivity contribution in [1.82, 2.24) is 4.90 Å². The van der Waals surface area contributed by atoms with E-state index in [1.54, 1.807) is 18.2 Å². The van der Waals surface area contributed by atoms with Crippen LogP contribution in [0.5, 0.6) is 23.0 Å². The normalized spacial score (nSPS) is 16.9. The van der Waals surface area contributed by atoms with Gasteiger partial charge in [-0.3, -0.25) is 9.59 Å². The van der Waals surface area contributed by atoms with Crippen molar-refractivity contribution in [3.05, 3.63) is 87.9 Å². The van der Waals surface area contributed by atoms with Crippen molar-refractivity contribution in [2.24, 2.45) is 0 Å². The molecule has 0 saturated carbocycles. The molecule has 1 saturated heterocycles. The van der Waals surface area contributed by atoms with Gasteiger partial charge < -0.3 is 29.3 Å².